The van der Waals surface area contributed by atoms with Gasteiger partial charge in [-0.3, -0.25) is 4.79 Å². The Morgan fingerprint density at radius 1 is 1.38 bits per heavy atom. The quantitative estimate of drug-likeness (QED) is 0.838. The molecule has 9 heteroatoms. The van der Waals surface area contributed by atoms with Gasteiger partial charge in [-0.05, 0) is 24.5 Å². The van der Waals surface area contributed by atoms with Gasteiger partial charge in [0.2, 0.25) is 15.9 Å². The average Bonchev–Trinajstić information content (AvgIpc) is 3.23. The Morgan fingerprint density at radius 2 is 2.17 bits per heavy atom. The largest absolute Gasteiger partial charge is 0.351 e. The molecule has 1 amide bonds. The molecule has 0 spiro atoms. The first-order valence-electron chi connectivity index (χ1n) is 7.64. The lowest BCUT2D eigenvalue weighted by Crippen LogP contribution is -2.45. The highest BCUT2D eigenvalue weighted by atomic mass is 32.2. The van der Waals surface area contributed by atoms with E-state index in [0.717, 1.165) is 17.5 Å². The summed E-state index contributed by atoms with van der Waals surface area (Å²) >= 11 is 0. The van der Waals surface area contributed by atoms with Crippen LogP contribution in [0.25, 0.3) is 5.69 Å². The SMILES string of the molecule is CS(=O)(=O)N1CCC[C@H]1C(=O)NCc1ccccc1-n1cncn1. The molecule has 1 fully saturated rings. The van der Waals surface area contributed by atoms with Crippen molar-refractivity contribution in [1.82, 2.24) is 24.4 Å². The molecule has 0 radical (unpaired) electrons. The molecule has 3 rings (SSSR count). The second-order valence-electron chi connectivity index (χ2n) is 5.72. The standard InChI is InChI=1S/C15H19N5O3S/c1-24(22,23)20-8-4-7-14(20)15(21)17-9-12-5-2-3-6-13(12)19-11-16-10-18-19/h2-3,5-6,10-11,14H,4,7-9H2,1H3,(H,17,21)/t14-/m0/s1. The van der Waals surface area contributed by atoms with Gasteiger partial charge in [-0.1, -0.05) is 18.2 Å². The number of nitrogens with one attached hydrogen (secondary N) is 1. The van der Waals surface area contributed by atoms with Gasteiger partial charge in [0.05, 0.1) is 11.9 Å². The number of carbonyl (C=O) groups is 1. The number of sulfonamides is 1. The van der Waals surface area contributed by atoms with Crippen molar-refractivity contribution >= 4 is 15.9 Å². The van der Waals surface area contributed by atoms with Crippen molar-refractivity contribution in [2.75, 3.05) is 12.8 Å². The molecule has 2 aromatic rings. The van der Waals surface area contributed by atoms with Crippen LogP contribution >= 0.6 is 0 Å². The number of rotatable bonds is 5. The van der Waals surface area contributed by atoms with E-state index in [-0.39, 0.29) is 5.91 Å². The van der Waals surface area contributed by atoms with Gasteiger partial charge in [-0.25, -0.2) is 18.1 Å². The highest BCUT2D eigenvalue weighted by Gasteiger charge is 2.36. The third-order valence-electron chi connectivity index (χ3n) is 4.04. The molecule has 1 N–H and O–H groups in total. The van der Waals surface area contributed by atoms with Crippen molar-refractivity contribution < 1.29 is 13.2 Å². The second kappa shape index (κ2) is 6.70. The molecular formula is C15H19N5O3S. The summed E-state index contributed by atoms with van der Waals surface area (Å²) in [5.41, 5.74) is 1.70. The molecule has 2 heterocycles. The number of amides is 1. The summed E-state index contributed by atoms with van der Waals surface area (Å²) < 4.78 is 26.4. The van der Waals surface area contributed by atoms with Gasteiger partial charge in [0, 0.05) is 13.1 Å². The lowest BCUT2D eigenvalue weighted by molar-refractivity contribution is -0.124. The molecule has 0 aliphatic carbocycles. The first-order chi connectivity index (χ1) is 11.5. The molecule has 1 atom stereocenters. The Labute approximate surface area is 140 Å². The maximum Gasteiger partial charge on any atom is 0.238 e. The first-order valence-corrected chi connectivity index (χ1v) is 9.49. The van der Waals surface area contributed by atoms with E-state index in [1.165, 1.54) is 10.6 Å². The summed E-state index contributed by atoms with van der Waals surface area (Å²) in [4.78, 5) is 16.3. The number of nitrogens with zero attached hydrogens (tertiary/aromatic N) is 4. The number of carbonyl (C=O) groups excluding carboxylic acids is 1. The molecule has 1 aliphatic rings. The highest BCUT2D eigenvalue weighted by Crippen LogP contribution is 2.21. The summed E-state index contributed by atoms with van der Waals surface area (Å²) in [6, 6.07) is 6.90. The zero-order chi connectivity index (χ0) is 17.2. The maximum atomic E-state index is 12.4. The molecule has 128 valence electrons. The zero-order valence-electron chi connectivity index (χ0n) is 13.3. The molecule has 0 saturated carbocycles. The fourth-order valence-corrected chi connectivity index (χ4v) is 4.04. The van der Waals surface area contributed by atoms with Crippen molar-refractivity contribution in [3.63, 3.8) is 0 Å². The van der Waals surface area contributed by atoms with Crippen LogP contribution in [0.3, 0.4) is 0 Å². The Bertz CT molecular complexity index is 819. The van der Waals surface area contributed by atoms with E-state index in [1.54, 1.807) is 11.0 Å². The molecular weight excluding hydrogens is 330 g/mol. The van der Waals surface area contributed by atoms with E-state index < -0.39 is 16.1 Å². The van der Waals surface area contributed by atoms with Gasteiger partial charge in [-0.2, -0.15) is 9.40 Å². The van der Waals surface area contributed by atoms with E-state index >= 15 is 0 Å². The van der Waals surface area contributed by atoms with E-state index in [9.17, 15) is 13.2 Å². The molecule has 24 heavy (non-hydrogen) atoms. The minimum absolute atomic E-state index is 0.272. The minimum atomic E-state index is -3.37. The Kier molecular flexibility index (Phi) is 4.63. The van der Waals surface area contributed by atoms with Crippen molar-refractivity contribution in [2.45, 2.75) is 25.4 Å². The molecule has 0 unspecified atom stereocenters. The minimum Gasteiger partial charge on any atom is -0.351 e. The van der Waals surface area contributed by atoms with Crippen molar-refractivity contribution in [3.05, 3.63) is 42.5 Å². The first kappa shape index (κ1) is 16.6. The van der Waals surface area contributed by atoms with Crippen molar-refractivity contribution in [2.24, 2.45) is 0 Å². The molecule has 1 aromatic carbocycles. The summed E-state index contributed by atoms with van der Waals surface area (Å²) in [5, 5.41) is 6.94. The molecule has 1 saturated heterocycles. The molecule has 1 aliphatic heterocycles. The van der Waals surface area contributed by atoms with E-state index in [0.29, 0.717) is 25.9 Å². The van der Waals surface area contributed by atoms with Crippen LogP contribution in [0.4, 0.5) is 0 Å². The Balaban J connectivity index is 1.72. The lowest BCUT2D eigenvalue weighted by atomic mass is 10.1. The van der Waals surface area contributed by atoms with Crippen LogP contribution in [-0.4, -0.2) is 52.2 Å². The number of hydrogen-bond acceptors (Lipinski definition) is 5. The van der Waals surface area contributed by atoms with Crippen LogP contribution in [0.5, 0.6) is 0 Å². The summed E-state index contributed by atoms with van der Waals surface area (Å²) in [7, 11) is -3.37. The van der Waals surface area contributed by atoms with Crippen LogP contribution in [-0.2, 0) is 21.4 Å². The van der Waals surface area contributed by atoms with Gasteiger partial charge in [0.15, 0.2) is 0 Å². The summed E-state index contributed by atoms with van der Waals surface area (Å²) in [6.07, 6.45) is 5.41. The van der Waals surface area contributed by atoms with Crippen molar-refractivity contribution in [3.8, 4) is 5.69 Å². The third kappa shape index (κ3) is 3.46. The molecule has 0 bridgehead atoms. The number of benzene rings is 1. The Hall–Kier alpha value is -2.26. The molecule has 8 nitrogen and oxygen atoms in total. The van der Waals surface area contributed by atoms with Gasteiger partial charge in [0.1, 0.15) is 18.7 Å². The van der Waals surface area contributed by atoms with Gasteiger partial charge in [0.25, 0.3) is 0 Å². The zero-order valence-corrected chi connectivity index (χ0v) is 14.1. The van der Waals surface area contributed by atoms with Crippen molar-refractivity contribution in [1.29, 1.82) is 0 Å². The van der Waals surface area contributed by atoms with E-state index in [1.807, 2.05) is 24.3 Å². The predicted molar refractivity (Wildman–Crippen MR) is 87.8 cm³/mol. The topological polar surface area (TPSA) is 97.2 Å². The van der Waals surface area contributed by atoms with E-state index in [2.05, 4.69) is 15.4 Å². The lowest BCUT2D eigenvalue weighted by Gasteiger charge is -2.21. The average molecular weight is 349 g/mol. The number of aromatic nitrogens is 3. The monoisotopic (exact) mass is 349 g/mol. The van der Waals surface area contributed by atoms with E-state index in [4.69, 9.17) is 0 Å². The number of hydrogen-bond donors (Lipinski definition) is 1. The van der Waals surface area contributed by atoms with Crippen LogP contribution in [0.1, 0.15) is 18.4 Å². The van der Waals surface area contributed by atoms with Gasteiger partial charge < -0.3 is 5.32 Å². The molecule has 1 aromatic heterocycles. The van der Waals surface area contributed by atoms with Gasteiger partial charge in [-0.15, -0.1) is 0 Å². The van der Waals surface area contributed by atoms with Crippen LogP contribution in [0.2, 0.25) is 0 Å². The van der Waals surface area contributed by atoms with Gasteiger partial charge >= 0.3 is 0 Å². The van der Waals surface area contributed by atoms with Crippen LogP contribution < -0.4 is 5.32 Å². The Morgan fingerprint density at radius 3 is 2.88 bits per heavy atom. The maximum absolute atomic E-state index is 12.4. The van der Waals surface area contributed by atoms with Crippen LogP contribution in [0, 0.1) is 0 Å². The normalized spacial score (nSPS) is 18.6. The summed E-state index contributed by atoms with van der Waals surface area (Å²) in [5.74, 6) is -0.272. The number of para-hydroxylation sites is 1. The fourth-order valence-electron chi connectivity index (χ4n) is 2.92. The smallest absolute Gasteiger partial charge is 0.238 e. The predicted octanol–water partition coefficient (Wildman–Crippen LogP) is 0.307. The van der Waals surface area contributed by atoms with Crippen LogP contribution in [0.15, 0.2) is 36.9 Å². The second-order valence-corrected chi connectivity index (χ2v) is 7.65. The fraction of sp³-hybridized carbons (Fsp3) is 0.400. The highest BCUT2D eigenvalue weighted by molar-refractivity contribution is 7.88. The summed E-state index contributed by atoms with van der Waals surface area (Å²) in [6.45, 7) is 0.690. The third-order valence-corrected chi connectivity index (χ3v) is 5.33.